The van der Waals surface area contributed by atoms with Gasteiger partial charge >= 0.3 is 5.97 Å². The Morgan fingerprint density at radius 1 is 1.33 bits per heavy atom. The molecule has 0 radical (unpaired) electrons. The normalized spacial score (nSPS) is 24.3. The minimum atomic E-state index is -1.97. The number of allylic oxidation sites excluding steroid dienone is 6. The highest BCUT2D eigenvalue weighted by atomic mass is 16.6. The molecule has 6 nitrogen and oxygen atoms in total. The number of ketones is 2. The molecule has 0 saturated heterocycles. The summed E-state index contributed by atoms with van der Waals surface area (Å²) in [6.07, 6.45) is 9.62. The zero-order valence-corrected chi connectivity index (χ0v) is 16.3. The molecule has 0 aromatic carbocycles. The number of carbonyl (C=O) groups excluding carboxylic acids is 3. The molecule has 2 atom stereocenters. The lowest BCUT2D eigenvalue weighted by Crippen LogP contribution is -2.53. The number of hydrogen-bond donors (Lipinski definition) is 1. The van der Waals surface area contributed by atoms with Crippen molar-refractivity contribution in [2.24, 2.45) is 11.7 Å². The van der Waals surface area contributed by atoms with E-state index in [2.05, 4.69) is 19.9 Å². The van der Waals surface area contributed by atoms with Crippen molar-refractivity contribution >= 4 is 17.5 Å². The second-order valence-electron chi connectivity index (χ2n) is 6.94. The summed E-state index contributed by atoms with van der Waals surface area (Å²) in [4.78, 5) is 36.6. The van der Waals surface area contributed by atoms with Crippen molar-refractivity contribution in [2.75, 3.05) is 0 Å². The van der Waals surface area contributed by atoms with Crippen LogP contribution in [0.1, 0.15) is 41.0 Å². The molecule has 0 bridgehead atoms. The summed E-state index contributed by atoms with van der Waals surface area (Å²) in [6, 6.07) is 0. The lowest BCUT2D eigenvalue weighted by molar-refractivity contribution is -0.167. The van der Waals surface area contributed by atoms with E-state index >= 15 is 0 Å². The molecule has 1 aliphatic carbocycles. The van der Waals surface area contributed by atoms with Crippen molar-refractivity contribution in [3.63, 3.8) is 0 Å². The van der Waals surface area contributed by atoms with Crippen molar-refractivity contribution in [3.8, 4) is 0 Å². The monoisotopic (exact) mass is 371 g/mol. The average Bonchev–Trinajstić information content (AvgIpc) is 2.62. The molecule has 0 aromatic heterocycles. The van der Waals surface area contributed by atoms with Crippen LogP contribution in [0.25, 0.3) is 0 Å². The molecular weight excluding hydrogens is 346 g/mol. The Morgan fingerprint density at radius 2 is 2.00 bits per heavy atom. The van der Waals surface area contributed by atoms with Gasteiger partial charge in [-0.2, -0.15) is 0 Å². The maximum absolute atomic E-state index is 12.7. The van der Waals surface area contributed by atoms with Crippen molar-refractivity contribution in [3.05, 3.63) is 58.7 Å². The first-order chi connectivity index (χ1) is 12.6. The van der Waals surface area contributed by atoms with E-state index in [1.54, 1.807) is 12.2 Å². The summed E-state index contributed by atoms with van der Waals surface area (Å²) >= 11 is 0. The highest BCUT2D eigenvalue weighted by molar-refractivity contribution is 6.28. The van der Waals surface area contributed by atoms with Crippen LogP contribution in [0.4, 0.5) is 0 Å². The summed E-state index contributed by atoms with van der Waals surface area (Å²) in [7, 11) is 0. The molecule has 1 heterocycles. The summed E-state index contributed by atoms with van der Waals surface area (Å²) in [5.74, 6) is -1.21. The van der Waals surface area contributed by atoms with Gasteiger partial charge in [-0.3, -0.25) is 14.4 Å². The molecule has 2 aliphatic rings. The van der Waals surface area contributed by atoms with E-state index in [-0.39, 0.29) is 16.8 Å². The summed E-state index contributed by atoms with van der Waals surface area (Å²) < 4.78 is 10.5. The third kappa shape index (κ3) is 4.10. The Balaban J connectivity index is 2.36. The molecule has 1 unspecified atom stereocenters. The van der Waals surface area contributed by atoms with Crippen LogP contribution in [0.5, 0.6) is 0 Å². The number of ether oxygens (including phenoxy) is 2. The molecule has 2 rings (SSSR count). The number of esters is 1. The molecule has 144 valence electrons. The quantitative estimate of drug-likeness (QED) is 0.453. The third-order valence-electron chi connectivity index (χ3n) is 4.59. The summed E-state index contributed by atoms with van der Waals surface area (Å²) in [6.45, 7) is 8.61. The Labute approximate surface area is 159 Å². The molecule has 2 N–H and O–H groups in total. The largest absolute Gasteiger partial charge is 0.464 e. The fraction of sp³-hybridized carbons (Fsp3) is 0.381. The Kier molecular flexibility index (Phi) is 5.88. The first-order valence-corrected chi connectivity index (χ1v) is 8.84. The van der Waals surface area contributed by atoms with Crippen LogP contribution in [0.3, 0.4) is 0 Å². The maximum atomic E-state index is 12.7. The summed E-state index contributed by atoms with van der Waals surface area (Å²) in [5.41, 5.74) is 5.32. The van der Waals surface area contributed by atoms with Crippen LogP contribution in [0, 0.1) is 5.92 Å². The highest BCUT2D eigenvalue weighted by Crippen LogP contribution is 2.35. The fourth-order valence-electron chi connectivity index (χ4n) is 2.89. The smallest absolute Gasteiger partial charge is 0.304 e. The number of hydrogen-bond acceptors (Lipinski definition) is 6. The Bertz CT molecular complexity index is 841. The molecule has 0 spiro atoms. The first-order valence-electron chi connectivity index (χ1n) is 8.84. The molecule has 0 saturated carbocycles. The van der Waals surface area contributed by atoms with E-state index in [9.17, 15) is 14.4 Å². The topological polar surface area (TPSA) is 95.7 Å². The molecule has 0 amide bonds. The van der Waals surface area contributed by atoms with Gasteiger partial charge in [0.1, 0.15) is 12.0 Å². The highest BCUT2D eigenvalue weighted by Gasteiger charge is 2.52. The third-order valence-corrected chi connectivity index (χ3v) is 4.59. The maximum Gasteiger partial charge on any atom is 0.304 e. The van der Waals surface area contributed by atoms with Gasteiger partial charge in [0.15, 0.2) is 0 Å². The minimum Gasteiger partial charge on any atom is -0.464 e. The molecule has 0 fully saturated rings. The second-order valence-corrected chi connectivity index (χ2v) is 6.94. The van der Waals surface area contributed by atoms with Gasteiger partial charge in [-0.25, -0.2) is 0 Å². The first kappa shape index (κ1) is 20.4. The van der Waals surface area contributed by atoms with Crippen LogP contribution in [-0.2, 0) is 23.9 Å². The lowest BCUT2D eigenvalue weighted by Gasteiger charge is -2.33. The van der Waals surface area contributed by atoms with Crippen LogP contribution in [0.2, 0.25) is 0 Å². The zero-order valence-electron chi connectivity index (χ0n) is 16.3. The van der Waals surface area contributed by atoms with Crippen LogP contribution in [-0.4, -0.2) is 23.1 Å². The van der Waals surface area contributed by atoms with E-state index in [0.29, 0.717) is 11.7 Å². The van der Waals surface area contributed by atoms with Crippen molar-refractivity contribution in [1.29, 1.82) is 0 Å². The van der Waals surface area contributed by atoms with Gasteiger partial charge in [0.05, 0.1) is 11.3 Å². The number of Topliss-reactive ketones (excluding diaryl/α,β-unsaturated/α-hetero) is 2. The van der Waals surface area contributed by atoms with Crippen LogP contribution < -0.4 is 5.73 Å². The summed E-state index contributed by atoms with van der Waals surface area (Å²) in [5, 5.41) is 0. The van der Waals surface area contributed by atoms with E-state index < -0.39 is 23.1 Å². The van der Waals surface area contributed by atoms with Gasteiger partial charge in [0.25, 0.3) is 0 Å². The van der Waals surface area contributed by atoms with Gasteiger partial charge in [-0.05, 0) is 31.9 Å². The molecule has 1 aliphatic heterocycles. The van der Waals surface area contributed by atoms with E-state index in [1.807, 2.05) is 13.0 Å². The number of rotatable bonds is 5. The van der Waals surface area contributed by atoms with Gasteiger partial charge < -0.3 is 15.2 Å². The predicted octanol–water partition coefficient (Wildman–Crippen LogP) is 3.02. The van der Waals surface area contributed by atoms with Crippen LogP contribution >= 0.6 is 0 Å². The Hall–Kier alpha value is -2.89. The van der Waals surface area contributed by atoms with E-state index in [0.717, 1.165) is 18.9 Å². The van der Waals surface area contributed by atoms with Gasteiger partial charge in [-0.1, -0.05) is 38.0 Å². The van der Waals surface area contributed by atoms with Crippen LogP contribution in [0.15, 0.2) is 58.7 Å². The standard InChI is InChI=1S/C21H25NO5/c1-6-12(2)9-13(3)7-8-15-10-16-17(11-26-15)19(24)21(5,27-14(4)23)20(25)18(16)22/h7-12H,6,22H2,1-5H3/b8-7+,13-9+/t12-,21?/m0/s1. The fourth-order valence-corrected chi connectivity index (χ4v) is 2.89. The second kappa shape index (κ2) is 7.78. The van der Waals surface area contributed by atoms with E-state index in [4.69, 9.17) is 15.2 Å². The molecule has 6 heteroatoms. The van der Waals surface area contributed by atoms with Gasteiger partial charge in [-0.15, -0.1) is 0 Å². The average molecular weight is 371 g/mol. The van der Waals surface area contributed by atoms with Crippen molar-refractivity contribution < 1.29 is 23.9 Å². The lowest BCUT2D eigenvalue weighted by atomic mass is 9.78. The Morgan fingerprint density at radius 3 is 2.59 bits per heavy atom. The number of fused-ring (bicyclic) bond motifs is 1. The molecule has 27 heavy (non-hydrogen) atoms. The van der Waals surface area contributed by atoms with Gasteiger partial charge in [0, 0.05) is 12.5 Å². The van der Waals surface area contributed by atoms with Crippen molar-refractivity contribution in [1.82, 2.24) is 0 Å². The minimum absolute atomic E-state index is 0.111. The van der Waals surface area contributed by atoms with Crippen molar-refractivity contribution in [2.45, 2.75) is 46.6 Å². The molecular formula is C21H25NO5. The zero-order chi connectivity index (χ0) is 20.4. The van der Waals surface area contributed by atoms with Gasteiger partial charge in [0.2, 0.25) is 17.2 Å². The predicted molar refractivity (Wildman–Crippen MR) is 101 cm³/mol. The van der Waals surface area contributed by atoms with E-state index in [1.165, 1.54) is 13.2 Å². The number of carbonyl (C=O) groups is 3. The SMILES string of the molecule is CC[C@H](C)/C=C(C)/C=C/C1=CC2=C(N)C(=O)C(C)(OC(C)=O)C(=O)C2=CO1. The molecule has 0 aromatic rings. The number of nitrogens with two attached hydrogens (primary N) is 1.